The zero-order valence-electron chi connectivity index (χ0n) is 14.0. The Bertz CT molecular complexity index is 867. The van der Waals surface area contributed by atoms with Crippen LogP contribution in [0.2, 0.25) is 0 Å². The molecule has 8 nitrogen and oxygen atoms in total. The van der Waals surface area contributed by atoms with Crippen molar-refractivity contribution < 1.29 is 19.2 Å². The number of hydrogen-bond acceptors (Lipinski definition) is 5. The molecule has 2 aromatic rings. The molecular weight excluding hydrogens is 338 g/mol. The number of anilines is 1. The Morgan fingerprint density at radius 3 is 2.77 bits per heavy atom. The highest BCUT2D eigenvalue weighted by atomic mass is 16.6. The first-order chi connectivity index (χ1) is 12.5. The first-order valence-electron chi connectivity index (χ1n) is 7.98. The zero-order valence-corrected chi connectivity index (χ0v) is 14.0. The summed E-state index contributed by atoms with van der Waals surface area (Å²) in [7, 11) is 1.54. The molecule has 1 fully saturated rings. The van der Waals surface area contributed by atoms with E-state index < -0.39 is 16.9 Å². The standard InChI is InChI=1S/C18H17N3O5/c1-26-14-6-4-5-13(10-14)20-11-12(9-17(20)22)19-18(23)15-7-2-3-8-16(15)21(24)25/h2-8,10,12H,9,11H2,1H3,(H,19,23)/t12-/m0/s1. The Morgan fingerprint density at radius 2 is 2.04 bits per heavy atom. The summed E-state index contributed by atoms with van der Waals surface area (Å²) in [6.07, 6.45) is 0.129. The monoisotopic (exact) mass is 355 g/mol. The molecule has 1 aliphatic rings. The van der Waals surface area contributed by atoms with Crippen molar-refractivity contribution in [3.63, 3.8) is 0 Å². The largest absolute Gasteiger partial charge is 0.497 e. The average Bonchev–Trinajstić information content (AvgIpc) is 3.01. The van der Waals surface area contributed by atoms with E-state index in [1.54, 1.807) is 42.3 Å². The van der Waals surface area contributed by atoms with Crippen molar-refractivity contribution in [1.29, 1.82) is 0 Å². The van der Waals surface area contributed by atoms with Crippen molar-refractivity contribution >= 4 is 23.2 Å². The summed E-state index contributed by atoms with van der Waals surface area (Å²) in [5.74, 6) is -0.0728. The van der Waals surface area contributed by atoms with Crippen LogP contribution in [0, 0.1) is 10.1 Å². The van der Waals surface area contributed by atoms with Crippen molar-refractivity contribution in [2.45, 2.75) is 12.5 Å². The van der Waals surface area contributed by atoms with E-state index >= 15 is 0 Å². The number of nitrogens with zero attached hydrogens (tertiary/aromatic N) is 2. The van der Waals surface area contributed by atoms with Gasteiger partial charge in [-0.05, 0) is 18.2 Å². The van der Waals surface area contributed by atoms with Gasteiger partial charge in [0.15, 0.2) is 0 Å². The quantitative estimate of drug-likeness (QED) is 0.654. The van der Waals surface area contributed by atoms with Crippen LogP contribution in [0.25, 0.3) is 0 Å². The molecule has 0 spiro atoms. The molecule has 0 radical (unpaired) electrons. The molecule has 8 heteroatoms. The van der Waals surface area contributed by atoms with Gasteiger partial charge in [-0.2, -0.15) is 0 Å². The minimum absolute atomic E-state index is 0.0234. The SMILES string of the molecule is COc1cccc(N2C[C@@H](NC(=O)c3ccccc3[N+](=O)[O-])CC2=O)c1. The van der Waals surface area contributed by atoms with E-state index in [0.717, 1.165) is 0 Å². The van der Waals surface area contributed by atoms with Crippen molar-refractivity contribution in [2.24, 2.45) is 0 Å². The molecule has 1 saturated heterocycles. The van der Waals surface area contributed by atoms with E-state index in [0.29, 0.717) is 18.0 Å². The van der Waals surface area contributed by atoms with Gasteiger partial charge in [0, 0.05) is 30.8 Å². The summed E-state index contributed by atoms with van der Waals surface area (Å²) in [5.41, 5.74) is 0.389. The van der Waals surface area contributed by atoms with Gasteiger partial charge in [-0.25, -0.2) is 0 Å². The lowest BCUT2D eigenvalue weighted by molar-refractivity contribution is -0.385. The number of carbonyl (C=O) groups is 2. The third kappa shape index (κ3) is 3.49. The van der Waals surface area contributed by atoms with Crippen LogP contribution in [0.3, 0.4) is 0 Å². The van der Waals surface area contributed by atoms with E-state index in [4.69, 9.17) is 4.74 Å². The Hall–Kier alpha value is -3.42. The second-order valence-electron chi connectivity index (χ2n) is 5.85. The predicted octanol–water partition coefficient (Wildman–Crippen LogP) is 2.14. The summed E-state index contributed by atoms with van der Waals surface area (Å²) in [6, 6.07) is 12.4. The minimum Gasteiger partial charge on any atom is -0.497 e. The number of para-hydroxylation sites is 1. The maximum atomic E-state index is 12.4. The Balaban J connectivity index is 1.73. The maximum Gasteiger partial charge on any atom is 0.282 e. The fraction of sp³-hybridized carbons (Fsp3) is 0.222. The van der Waals surface area contributed by atoms with Gasteiger partial charge in [0.25, 0.3) is 11.6 Å². The molecule has 0 aliphatic carbocycles. The number of amides is 2. The van der Waals surface area contributed by atoms with Gasteiger partial charge in [0.05, 0.1) is 18.1 Å². The first kappa shape index (κ1) is 17.4. The van der Waals surface area contributed by atoms with Gasteiger partial charge in [-0.3, -0.25) is 19.7 Å². The van der Waals surface area contributed by atoms with Crippen LogP contribution < -0.4 is 15.0 Å². The van der Waals surface area contributed by atoms with Gasteiger partial charge < -0.3 is 15.0 Å². The fourth-order valence-electron chi connectivity index (χ4n) is 2.92. The summed E-state index contributed by atoms with van der Waals surface area (Å²) in [5, 5.41) is 13.8. The molecule has 134 valence electrons. The second-order valence-corrected chi connectivity index (χ2v) is 5.85. The fourth-order valence-corrected chi connectivity index (χ4v) is 2.92. The van der Waals surface area contributed by atoms with Crippen LogP contribution in [-0.4, -0.2) is 36.4 Å². The molecule has 2 amide bonds. The molecule has 1 N–H and O–H groups in total. The van der Waals surface area contributed by atoms with Crippen LogP contribution in [0.4, 0.5) is 11.4 Å². The van der Waals surface area contributed by atoms with Crippen molar-refractivity contribution in [2.75, 3.05) is 18.6 Å². The van der Waals surface area contributed by atoms with E-state index in [-0.39, 0.29) is 23.6 Å². The number of carbonyl (C=O) groups excluding carboxylic acids is 2. The number of nitro groups is 1. The molecule has 0 saturated carbocycles. The van der Waals surface area contributed by atoms with Crippen LogP contribution in [0.15, 0.2) is 48.5 Å². The molecular formula is C18H17N3O5. The molecule has 1 aliphatic heterocycles. The highest BCUT2D eigenvalue weighted by Gasteiger charge is 2.33. The number of nitrogens with one attached hydrogen (secondary N) is 1. The molecule has 1 heterocycles. The molecule has 2 aromatic carbocycles. The third-order valence-electron chi connectivity index (χ3n) is 4.17. The van der Waals surface area contributed by atoms with Crippen LogP contribution in [0.1, 0.15) is 16.8 Å². The molecule has 26 heavy (non-hydrogen) atoms. The topological polar surface area (TPSA) is 102 Å². The number of hydrogen-bond donors (Lipinski definition) is 1. The van der Waals surface area contributed by atoms with Gasteiger partial charge in [-0.1, -0.05) is 18.2 Å². The second kappa shape index (κ2) is 7.22. The Labute approximate surface area is 149 Å². The van der Waals surface area contributed by atoms with E-state index in [1.807, 2.05) is 0 Å². The summed E-state index contributed by atoms with van der Waals surface area (Å²) in [6.45, 7) is 0.290. The number of rotatable bonds is 5. The smallest absolute Gasteiger partial charge is 0.282 e. The highest BCUT2D eigenvalue weighted by Crippen LogP contribution is 2.26. The normalized spacial score (nSPS) is 16.4. The van der Waals surface area contributed by atoms with E-state index in [9.17, 15) is 19.7 Å². The zero-order chi connectivity index (χ0) is 18.7. The van der Waals surface area contributed by atoms with Gasteiger partial charge >= 0.3 is 0 Å². The Morgan fingerprint density at radius 1 is 1.27 bits per heavy atom. The summed E-state index contributed by atoms with van der Waals surface area (Å²) in [4.78, 5) is 36.7. The third-order valence-corrected chi connectivity index (χ3v) is 4.17. The molecule has 3 rings (SSSR count). The van der Waals surface area contributed by atoms with Crippen LogP contribution in [-0.2, 0) is 4.79 Å². The lowest BCUT2D eigenvalue weighted by Gasteiger charge is -2.18. The number of methoxy groups -OCH3 is 1. The molecule has 0 bridgehead atoms. The molecule has 0 aromatic heterocycles. The number of ether oxygens (including phenoxy) is 1. The van der Waals surface area contributed by atoms with Crippen molar-refractivity contribution in [3.8, 4) is 5.75 Å². The minimum atomic E-state index is -0.600. The predicted molar refractivity (Wildman–Crippen MR) is 94.3 cm³/mol. The molecule has 0 unspecified atom stereocenters. The van der Waals surface area contributed by atoms with E-state index in [2.05, 4.69) is 5.32 Å². The number of benzene rings is 2. The maximum absolute atomic E-state index is 12.4. The van der Waals surface area contributed by atoms with Crippen molar-refractivity contribution in [3.05, 3.63) is 64.2 Å². The average molecular weight is 355 g/mol. The van der Waals surface area contributed by atoms with E-state index in [1.165, 1.54) is 18.2 Å². The highest BCUT2D eigenvalue weighted by molar-refractivity contribution is 6.00. The van der Waals surface area contributed by atoms with Gasteiger partial charge in [0.1, 0.15) is 11.3 Å². The summed E-state index contributed by atoms with van der Waals surface area (Å²) < 4.78 is 5.16. The summed E-state index contributed by atoms with van der Waals surface area (Å²) >= 11 is 0. The van der Waals surface area contributed by atoms with Crippen LogP contribution in [0.5, 0.6) is 5.75 Å². The lowest BCUT2D eigenvalue weighted by atomic mass is 10.1. The van der Waals surface area contributed by atoms with Gasteiger partial charge in [-0.15, -0.1) is 0 Å². The van der Waals surface area contributed by atoms with Gasteiger partial charge in [0.2, 0.25) is 5.91 Å². The number of nitro benzene ring substituents is 1. The lowest BCUT2D eigenvalue weighted by Crippen LogP contribution is -2.37. The first-order valence-corrected chi connectivity index (χ1v) is 7.98. The van der Waals surface area contributed by atoms with Crippen LogP contribution >= 0.6 is 0 Å². The Kier molecular flexibility index (Phi) is 4.83. The molecule has 1 atom stereocenters. The van der Waals surface area contributed by atoms with Crippen molar-refractivity contribution in [1.82, 2.24) is 5.32 Å².